The molecule has 0 amide bonds. The lowest BCUT2D eigenvalue weighted by Gasteiger charge is -2.34. The van der Waals surface area contributed by atoms with E-state index in [1.54, 1.807) is 10.4 Å². The molecular weight excluding hydrogens is 364 g/mol. The minimum atomic E-state index is -3.40. The molecule has 0 saturated carbocycles. The van der Waals surface area contributed by atoms with Gasteiger partial charge in [0.2, 0.25) is 10.0 Å². The Labute approximate surface area is 142 Å². The van der Waals surface area contributed by atoms with Gasteiger partial charge in [-0.25, -0.2) is 8.42 Å². The van der Waals surface area contributed by atoms with Crippen molar-refractivity contribution in [2.45, 2.75) is 32.1 Å². The molecule has 0 spiro atoms. The van der Waals surface area contributed by atoms with Crippen molar-refractivity contribution >= 4 is 26.0 Å². The number of rotatable bonds is 5. The average molecular weight is 389 g/mol. The van der Waals surface area contributed by atoms with E-state index < -0.39 is 10.0 Å². The first-order valence-electron chi connectivity index (χ1n) is 7.79. The van der Waals surface area contributed by atoms with Crippen molar-refractivity contribution in [3.05, 3.63) is 28.2 Å². The molecule has 1 saturated heterocycles. The molecule has 1 aliphatic heterocycles. The van der Waals surface area contributed by atoms with Crippen molar-refractivity contribution in [3.8, 4) is 0 Å². The van der Waals surface area contributed by atoms with E-state index in [2.05, 4.69) is 34.7 Å². The number of benzene rings is 1. The van der Waals surface area contributed by atoms with Crippen LogP contribution in [0.1, 0.15) is 25.8 Å². The van der Waals surface area contributed by atoms with E-state index in [0.29, 0.717) is 28.4 Å². The number of hydrogen-bond donors (Lipinski definition) is 0. The van der Waals surface area contributed by atoms with Crippen LogP contribution in [-0.2, 0) is 10.0 Å². The van der Waals surface area contributed by atoms with Crippen molar-refractivity contribution in [2.24, 2.45) is 5.92 Å². The maximum atomic E-state index is 12.8. The Morgan fingerprint density at radius 1 is 1.18 bits per heavy atom. The summed E-state index contributed by atoms with van der Waals surface area (Å²) in [6.07, 6.45) is 1.16. The van der Waals surface area contributed by atoms with Crippen LogP contribution in [0.4, 0.5) is 0 Å². The third-order valence-corrected chi connectivity index (χ3v) is 6.93. The van der Waals surface area contributed by atoms with Gasteiger partial charge in [0, 0.05) is 30.7 Å². The van der Waals surface area contributed by atoms with E-state index in [1.165, 1.54) is 0 Å². The molecule has 0 N–H and O–H groups in total. The quantitative estimate of drug-likeness (QED) is 0.777. The van der Waals surface area contributed by atoms with Crippen molar-refractivity contribution in [3.63, 3.8) is 0 Å². The van der Waals surface area contributed by atoms with Gasteiger partial charge in [0.15, 0.2) is 0 Å². The van der Waals surface area contributed by atoms with Crippen LogP contribution in [0.15, 0.2) is 27.6 Å². The van der Waals surface area contributed by atoms with Crippen LogP contribution < -0.4 is 0 Å². The molecular formula is C16H25BrN2O2S. The highest BCUT2D eigenvalue weighted by Gasteiger charge is 2.29. The highest BCUT2D eigenvalue weighted by Crippen LogP contribution is 2.26. The van der Waals surface area contributed by atoms with E-state index in [-0.39, 0.29) is 0 Å². The van der Waals surface area contributed by atoms with E-state index >= 15 is 0 Å². The molecule has 6 heteroatoms. The Kier molecular flexibility index (Phi) is 6.05. The van der Waals surface area contributed by atoms with Gasteiger partial charge in [0.25, 0.3) is 0 Å². The second-order valence-corrected chi connectivity index (χ2v) is 9.12. The van der Waals surface area contributed by atoms with Crippen molar-refractivity contribution in [1.29, 1.82) is 0 Å². The van der Waals surface area contributed by atoms with Crippen LogP contribution in [0.5, 0.6) is 0 Å². The Bertz CT molecular complexity index is 609. The smallest absolute Gasteiger partial charge is 0.244 e. The lowest BCUT2D eigenvalue weighted by atomic mass is 10.1. The third kappa shape index (κ3) is 4.31. The normalized spacial score (nSPS) is 18.0. The van der Waals surface area contributed by atoms with Gasteiger partial charge in [-0.2, -0.15) is 4.31 Å². The van der Waals surface area contributed by atoms with Crippen molar-refractivity contribution in [1.82, 2.24) is 9.21 Å². The van der Waals surface area contributed by atoms with Gasteiger partial charge >= 0.3 is 0 Å². The van der Waals surface area contributed by atoms with Gasteiger partial charge in [-0.05, 0) is 59.4 Å². The summed E-state index contributed by atoms with van der Waals surface area (Å²) in [5.41, 5.74) is 1.05. The fourth-order valence-electron chi connectivity index (χ4n) is 2.59. The van der Waals surface area contributed by atoms with E-state index in [0.717, 1.165) is 31.6 Å². The second kappa shape index (κ2) is 7.43. The molecule has 0 bridgehead atoms. The molecule has 1 aliphatic rings. The summed E-state index contributed by atoms with van der Waals surface area (Å²) in [7, 11) is -3.40. The summed E-state index contributed by atoms with van der Waals surface area (Å²) in [6, 6.07) is 5.39. The first-order chi connectivity index (χ1) is 10.3. The number of halogens is 1. The highest BCUT2D eigenvalue weighted by molar-refractivity contribution is 9.10. The van der Waals surface area contributed by atoms with Crippen LogP contribution in [0.25, 0.3) is 0 Å². The zero-order valence-corrected chi connectivity index (χ0v) is 16.0. The number of piperazine rings is 1. The summed E-state index contributed by atoms with van der Waals surface area (Å²) in [5.74, 6) is 0.685. The van der Waals surface area contributed by atoms with Gasteiger partial charge in [-0.3, -0.25) is 0 Å². The van der Waals surface area contributed by atoms with Gasteiger partial charge in [-0.1, -0.05) is 19.9 Å². The van der Waals surface area contributed by atoms with Crippen molar-refractivity contribution < 1.29 is 8.42 Å². The molecule has 1 fully saturated rings. The molecule has 1 aromatic carbocycles. The standard InChI is InChI=1S/C16H25BrN2O2S/c1-13(2)6-7-18-8-10-19(11-9-18)22(20,21)16-5-4-14(3)12-15(16)17/h4-5,12-13H,6-11H2,1-3H3. The van der Waals surface area contributed by atoms with Crippen LogP contribution in [0.2, 0.25) is 0 Å². The van der Waals surface area contributed by atoms with Gasteiger partial charge < -0.3 is 4.90 Å². The number of aryl methyl sites for hydroxylation is 1. The molecule has 4 nitrogen and oxygen atoms in total. The first kappa shape index (κ1) is 17.9. The summed E-state index contributed by atoms with van der Waals surface area (Å²) >= 11 is 3.39. The van der Waals surface area contributed by atoms with Crippen LogP contribution >= 0.6 is 15.9 Å². The van der Waals surface area contributed by atoms with Gasteiger partial charge in [0.05, 0.1) is 4.90 Å². The second-order valence-electron chi connectivity index (χ2n) is 6.36. The van der Waals surface area contributed by atoms with Gasteiger partial charge in [-0.15, -0.1) is 0 Å². The maximum Gasteiger partial charge on any atom is 0.244 e. The maximum absolute atomic E-state index is 12.8. The summed E-state index contributed by atoms with van der Waals surface area (Å²) in [4.78, 5) is 2.73. The Balaban J connectivity index is 2.03. The first-order valence-corrected chi connectivity index (χ1v) is 10.0. The molecule has 1 heterocycles. The lowest BCUT2D eigenvalue weighted by Crippen LogP contribution is -2.48. The molecule has 0 unspecified atom stereocenters. The van der Waals surface area contributed by atoms with E-state index in [9.17, 15) is 8.42 Å². The molecule has 0 radical (unpaired) electrons. The fourth-order valence-corrected chi connectivity index (χ4v) is 5.16. The predicted molar refractivity (Wildman–Crippen MR) is 93.5 cm³/mol. The minimum Gasteiger partial charge on any atom is -0.301 e. The average Bonchev–Trinajstić information content (AvgIpc) is 2.45. The lowest BCUT2D eigenvalue weighted by molar-refractivity contribution is 0.180. The Morgan fingerprint density at radius 2 is 1.82 bits per heavy atom. The third-order valence-electron chi connectivity index (χ3n) is 4.06. The summed E-state index contributed by atoms with van der Waals surface area (Å²) in [6.45, 7) is 10.2. The fraction of sp³-hybridized carbons (Fsp3) is 0.625. The number of nitrogens with zero attached hydrogens (tertiary/aromatic N) is 2. The van der Waals surface area contributed by atoms with E-state index in [1.807, 2.05) is 19.1 Å². The van der Waals surface area contributed by atoms with Crippen molar-refractivity contribution in [2.75, 3.05) is 32.7 Å². The molecule has 0 aromatic heterocycles. The summed E-state index contributed by atoms with van der Waals surface area (Å²) < 4.78 is 27.8. The topological polar surface area (TPSA) is 40.6 Å². The number of sulfonamides is 1. The summed E-state index contributed by atoms with van der Waals surface area (Å²) in [5, 5.41) is 0. The Hall–Kier alpha value is -0.430. The van der Waals surface area contributed by atoms with Crippen LogP contribution in [0.3, 0.4) is 0 Å². The molecule has 2 rings (SSSR count). The Morgan fingerprint density at radius 3 is 2.36 bits per heavy atom. The minimum absolute atomic E-state index is 0.369. The molecule has 0 aliphatic carbocycles. The molecule has 22 heavy (non-hydrogen) atoms. The zero-order chi connectivity index (χ0) is 16.3. The zero-order valence-electron chi connectivity index (χ0n) is 13.5. The van der Waals surface area contributed by atoms with E-state index in [4.69, 9.17) is 0 Å². The number of hydrogen-bond acceptors (Lipinski definition) is 3. The SMILES string of the molecule is Cc1ccc(S(=O)(=O)N2CCN(CCC(C)C)CC2)c(Br)c1. The van der Waals surface area contributed by atoms with Gasteiger partial charge in [0.1, 0.15) is 0 Å². The molecule has 1 aromatic rings. The van der Waals surface area contributed by atoms with Crippen LogP contribution in [-0.4, -0.2) is 50.3 Å². The predicted octanol–water partition coefficient (Wildman–Crippen LogP) is 3.11. The van der Waals surface area contributed by atoms with Crippen LogP contribution in [0, 0.1) is 12.8 Å². The highest BCUT2D eigenvalue weighted by atomic mass is 79.9. The molecule has 0 atom stereocenters. The monoisotopic (exact) mass is 388 g/mol. The molecule has 124 valence electrons. The largest absolute Gasteiger partial charge is 0.301 e.